The van der Waals surface area contributed by atoms with Crippen LogP contribution in [-0.4, -0.2) is 19.3 Å². The van der Waals surface area contributed by atoms with Gasteiger partial charge in [0.25, 0.3) is 5.56 Å². The zero-order chi connectivity index (χ0) is 18.3. The monoisotopic (exact) mass is 368 g/mol. The van der Waals surface area contributed by atoms with Crippen molar-refractivity contribution >= 4 is 22.5 Å². The molecule has 0 bridgehead atoms. The fourth-order valence-corrected chi connectivity index (χ4v) is 2.93. The summed E-state index contributed by atoms with van der Waals surface area (Å²) in [6.45, 7) is 0. The van der Waals surface area contributed by atoms with E-state index in [0.29, 0.717) is 5.69 Å². The van der Waals surface area contributed by atoms with E-state index in [9.17, 15) is 14.0 Å². The molecule has 2 heterocycles. The van der Waals surface area contributed by atoms with Crippen molar-refractivity contribution in [2.45, 2.75) is 0 Å². The van der Waals surface area contributed by atoms with E-state index in [1.165, 1.54) is 29.1 Å². The smallest absolute Gasteiger partial charge is 0.268 e. The van der Waals surface area contributed by atoms with Crippen LogP contribution in [0.15, 0.2) is 70.5 Å². The molecule has 0 aliphatic rings. The minimum Gasteiger partial charge on any atom is -0.268 e. The van der Waals surface area contributed by atoms with Crippen molar-refractivity contribution in [3.05, 3.63) is 92.6 Å². The number of nitrogens with zero attached hydrogens (tertiary/aromatic N) is 4. The molecule has 2 aromatic heterocycles. The van der Waals surface area contributed by atoms with Crippen molar-refractivity contribution in [3.63, 3.8) is 0 Å². The van der Waals surface area contributed by atoms with Gasteiger partial charge in [-0.25, -0.2) is 13.8 Å². The van der Waals surface area contributed by atoms with E-state index in [4.69, 9.17) is 11.6 Å². The molecule has 4 rings (SSSR count). The van der Waals surface area contributed by atoms with E-state index in [0.717, 1.165) is 10.6 Å². The second-order valence-electron chi connectivity index (χ2n) is 5.48. The number of hydrogen-bond donors (Lipinski definition) is 0. The number of hydrogen-bond acceptors (Lipinski definition) is 4. The second kappa shape index (κ2) is 6.20. The van der Waals surface area contributed by atoms with E-state index in [-0.39, 0.29) is 21.6 Å². The number of halogens is 2. The zero-order valence-corrected chi connectivity index (χ0v) is 13.9. The first-order valence-corrected chi connectivity index (χ1v) is 7.95. The van der Waals surface area contributed by atoms with Crippen LogP contribution < -0.4 is 11.2 Å². The molecule has 6 nitrogen and oxygen atoms in total. The van der Waals surface area contributed by atoms with Crippen LogP contribution in [0, 0.1) is 5.82 Å². The van der Waals surface area contributed by atoms with Gasteiger partial charge in [0.05, 0.1) is 39.7 Å². The largest absolute Gasteiger partial charge is 0.340 e. The van der Waals surface area contributed by atoms with Crippen LogP contribution in [0.1, 0.15) is 0 Å². The summed E-state index contributed by atoms with van der Waals surface area (Å²) in [6.07, 6.45) is 2.65. The van der Waals surface area contributed by atoms with Gasteiger partial charge in [0.2, 0.25) is 0 Å². The highest BCUT2D eigenvalue weighted by molar-refractivity contribution is 6.31. The topological polar surface area (TPSA) is 69.8 Å². The molecule has 0 aliphatic heterocycles. The molecule has 26 heavy (non-hydrogen) atoms. The predicted octanol–water partition coefficient (Wildman–Crippen LogP) is 2.72. The zero-order valence-electron chi connectivity index (χ0n) is 13.1. The Morgan fingerprint density at radius 2 is 1.69 bits per heavy atom. The van der Waals surface area contributed by atoms with Crippen molar-refractivity contribution in [1.82, 2.24) is 19.3 Å². The van der Waals surface area contributed by atoms with Crippen molar-refractivity contribution in [2.75, 3.05) is 0 Å². The molecule has 0 fully saturated rings. The molecule has 2 aromatic carbocycles. The van der Waals surface area contributed by atoms with Gasteiger partial charge in [-0.2, -0.15) is 10.2 Å². The van der Waals surface area contributed by atoms with Gasteiger partial charge in [-0.1, -0.05) is 29.8 Å². The Balaban J connectivity index is 2.24. The molecule has 128 valence electrons. The third-order valence-corrected chi connectivity index (χ3v) is 4.23. The summed E-state index contributed by atoms with van der Waals surface area (Å²) in [5.74, 6) is -0.742. The second-order valence-corrected chi connectivity index (χ2v) is 5.89. The quantitative estimate of drug-likeness (QED) is 0.545. The van der Waals surface area contributed by atoms with E-state index in [2.05, 4.69) is 10.2 Å². The maximum Gasteiger partial charge on any atom is 0.340 e. The minimum absolute atomic E-state index is 0.0205. The minimum atomic E-state index is -0.742. The molecule has 0 aliphatic carbocycles. The van der Waals surface area contributed by atoms with Crippen molar-refractivity contribution in [1.29, 1.82) is 0 Å². The molecule has 0 saturated carbocycles. The summed E-state index contributed by atoms with van der Waals surface area (Å²) in [7, 11) is 0. The highest BCUT2D eigenvalue weighted by Gasteiger charge is 2.18. The Labute approximate surface area is 150 Å². The molecule has 0 atom stereocenters. The average Bonchev–Trinajstić information content (AvgIpc) is 2.66. The number of benzene rings is 2. The Hall–Kier alpha value is -3.32. The molecule has 4 aromatic rings. The van der Waals surface area contributed by atoms with Gasteiger partial charge in [0.1, 0.15) is 5.82 Å². The first kappa shape index (κ1) is 16.2. The third kappa shape index (κ3) is 2.49. The van der Waals surface area contributed by atoms with Crippen LogP contribution >= 0.6 is 11.6 Å². The van der Waals surface area contributed by atoms with Gasteiger partial charge < -0.3 is 0 Å². The van der Waals surface area contributed by atoms with Crippen LogP contribution in [0.25, 0.3) is 22.3 Å². The Bertz CT molecular complexity index is 1240. The predicted molar refractivity (Wildman–Crippen MR) is 95.7 cm³/mol. The van der Waals surface area contributed by atoms with Crippen LogP contribution in [0.2, 0.25) is 5.02 Å². The number of rotatable bonds is 2. The van der Waals surface area contributed by atoms with E-state index in [1.54, 1.807) is 30.3 Å². The normalized spacial score (nSPS) is 11.0. The first-order valence-electron chi connectivity index (χ1n) is 7.57. The lowest BCUT2D eigenvalue weighted by atomic mass is 10.2. The SMILES string of the molecule is O=c1c2cc(F)c(Cl)cc2n(-c2ccccc2)c(=O)n1-c1ccnnc1. The van der Waals surface area contributed by atoms with Crippen LogP contribution in [-0.2, 0) is 0 Å². The molecule has 0 saturated heterocycles. The molecule has 0 N–H and O–H groups in total. The van der Waals surface area contributed by atoms with Crippen molar-refractivity contribution in [3.8, 4) is 11.4 Å². The molecule has 0 unspecified atom stereocenters. The first-order chi connectivity index (χ1) is 12.6. The van der Waals surface area contributed by atoms with Crippen LogP contribution in [0.4, 0.5) is 4.39 Å². The van der Waals surface area contributed by atoms with E-state index < -0.39 is 17.1 Å². The summed E-state index contributed by atoms with van der Waals surface area (Å²) in [5, 5.41) is 7.20. The summed E-state index contributed by atoms with van der Waals surface area (Å²) in [5.41, 5.74) is -0.320. The summed E-state index contributed by atoms with van der Waals surface area (Å²) >= 11 is 5.89. The molecular formula is C18H10ClFN4O2. The van der Waals surface area contributed by atoms with Crippen LogP contribution in [0.3, 0.4) is 0 Å². The Kier molecular flexibility index (Phi) is 3.85. The number of para-hydroxylation sites is 1. The highest BCUT2D eigenvalue weighted by atomic mass is 35.5. The molecular weight excluding hydrogens is 359 g/mol. The van der Waals surface area contributed by atoms with Crippen LogP contribution in [0.5, 0.6) is 0 Å². The fourth-order valence-electron chi connectivity index (χ4n) is 2.77. The lowest BCUT2D eigenvalue weighted by Gasteiger charge is -2.14. The number of aromatic nitrogens is 4. The standard InChI is InChI=1S/C18H10ClFN4O2/c19-14-9-16-13(8-15(14)20)17(25)24(12-6-7-21-22-10-12)18(26)23(16)11-4-2-1-3-5-11/h1-10H. The van der Waals surface area contributed by atoms with Gasteiger partial charge in [-0.05, 0) is 30.3 Å². The van der Waals surface area contributed by atoms with Gasteiger partial charge in [-0.3, -0.25) is 9.36 Å². The van der Waals surface area contributed by atoms with E-state index in [1.807, 2.05) is 0 Å². The van der Waals surface area contributed by atoms with Gasteiger partial charge in [-0.15, -0.1) is 0 Å². The molecule has 8 heteroatoms. The van der Waals surface area contributed by atoms with E-state index >= 15 is 0 Å². The fraction of sp³-hybridized carbons (Fsp3) is 0. The summed E-state index contributed by atoms with van der Waals surface area (Å²) in [6, 6.07) is 12.5. The highest BCUT2D eigenvalue weighted by Crippen LogP contribution is 2.22. The Morgan fingerprint density at radius 3 is 2.38 bits per heavy atom. The Morgan fingerprint density at radius 1 is 0.923 bits per heavy atom. The van der Waals surface area contributed by atoms with Gasteiger partial charge in [0.15, 0.2) is 0 Å². The maximum absolute atomic E-state index is 14.0. The molecule has 0 spiro atoms. The molecule has 0 amide bonds. The lowest BCUT2D eigenvalue weighted by molar-refractivity contribution is 0.629. The maximum atomic E-state index is 14.0. The van der Waals surface area contributed by atoms with Gasteiger partial charge in [0, 0.05) is 0 Å². The van der Waals surface area contributed by atoms with Crippen molar-refractivity contribution in [2.24, 2.45) is 0 Å². The van der Waals surface area contributed by atoms with Crippen molar-refractivity contribution < 1.29 is 4.39 Å². The average molecular weight is 369 g/mol. The number of fused-ring (bicyclic) bond motifs is 1. The summed E-state index contributed by atoms with van der Waals surface area (Å²) < 4.78 is 16.2. The van der Waals surface area contributed by atoms with Gasteiger partial charge >= 0.3 is 5.69 Å². The third-order valence-electron chi connectivity index (χ3n) is 3.94. The lowest BCUT2D eigenvalue weighted by Crippen LogP contribution is -2.38. The molecule has 0 radical (unpaired) electrons. The summed E-state index contributed by atoms with van der Waals surface area (Å²) in [4.78, 5) is 26.0.